The van der Waals surface area contributed by atoms with Gasteiger partial charge in [-0.05, 0) is 36.4 Å². The molecular formula is C17H13ClN2O4. The predicted molar refractivity (Wildman–Crippen MR) is 88.7 cm³/mol. The largest absolute Gasteiger partial charge is 0.493 e. The van der Waals surface area contributed by atoms with Gasteiger partial charge in [-0.2, -0.15) is 5.26 Å². The zero-order valence-corrected chi connectivity index (χ0v) is 13.5. The summed E-state index contributed by atoms with van der Waals surface area (Å²) in [7, 11) is 1.43. The molecule has 0 aromatic heterocycles. The molecule has 0 saturated carbocycles. The summed E-state index contributed by atoms with van der Waals surface area (Å²) >= 11 is 5.86. The van der Waals surface area contributed by atoms with Gasteiger partial charge in [0.05, 0.1) is 18.4 Å². The van der Waals surface area contributed by atoms with Crippen LogP contribution in [0.5, 0.6) is 11.5 Å². The third-order valence-electron chi connectivity index (χ3n) is 3.06. The summed E-state index contributed by atoms with van der Waals surface area (Å²) < 4.78 is 10.5. The number of carbonyl (C=O) groups is 2. The van der Waals surface area contributed by atoms with Crippen LogP contribution in [-0.2, 0) is 4.79 Å². The van der Waals surface area contributed by atoms with Gasteiger partial charge in [-0.1, -0.05) is 11.6 Å². The first-order valence-electron chi connectivity index (χ1n) is 6.83. The smallest absolute Gasteiger partial charge is 0.262 e. The number of hydrogen-bond donors (Lipinski definition) is 1. The molecular weight excluding hydrogens is 332 g/mol. The van der Waals surface area contributed by atoms with Gasteiger partial charge in [0.1, 0.15) is 12.4 Å². The maximum Gasteiger partial charge on any atom is 0.262 e. The third-order valence-corrected chi connectivity index (χ3v) is 3.29. The summed E-state index contributed by atoms with van der Waals surface area (Å²) in [5, 5.41) is 12.0. The van der Waals surface area contributed by atoms with Gasteiger partial charge < -0.3 is 14.8 Å². The SMILES string of the molecule is COc1cc(C=O)ccc1OCC(=O)Nc1cc(Cl)ccc1C#N. The molecule has 0 aliphatic carbocycles. The van der Waals surface area contributed by atoms with E-state index in [-0.39, 0.29) is 6.61 Å². The molecule has 6 nitrogen and oxygen atoms in total. The number of aldehydes is 1. The van der Waals surface area contributed by atoms with Crippen LogP contribution in [0.2, 0.25) is 5.02 Å². The lowest BCUT2D eigenvalue weighted by Crippen LogP contribution is -2.21. The fourth-order valence-corrected chi connectivity index (χ4v) is 2.10. The predicted octanol–water partition coefficient (Wildman–Crippen LogP) is 3.05. The zero-order valence-electron chi connectivity index (χ0n) is 12.7. The Morgan fingerprint density at radius 3 is 2.75 bits per heavy atom. The Kier molecular flexibility index (Phi) is 5.77. The lowest BCUT2D eigenvalue weighted by Gasteiger charge is -2.12. The van der Waals surface area contributed by atoms with Crippen molar-refractivity contribution in [3.8, 4) is 17.6 Å². The molecule has 0 aliphatic heterocycles. The molecule has 0 fully saturated rings. The molecule has 0 unspecified atom stereocenters. The van der Waals surface area contributed by atoms with Crippen LogP contribution in [0.1, 0.15) is 15.9 Å². The second-order valence-electron chi connectivity index (χ2n) is 4.67. The highest BCUT2D eigenvalue weighted by atomic mass is 35.5. The van der Waals surface area contributed by atoms with E-state index in [0.29, 0.717) is 39.6 Å². The van der Waals surface area contributed by atoms with E-state index in [2.05, 4.69) is 5.32 Å². The normalized spacial score (nSPS) is 9.71. The molecule has 1 N–H and O–H groups in total. The summed E-state index contributed by atoms with van der Waals surface area (Å²) in [6.07, 6.45) is 0.682. The van der Waals surface area contributed by atoms with E-state index in [9.17, 15) is 9.59 Å². The number of halogens is 1. The van der Waals surface area contributed by atoms with Crippen LogP contribution < -0.4 is 14.8 Å². The van der Waals surface area contributed by atoms with E-state index < -0.39 is 5.91 Å². The second kappa shape index (κ2) is 7.99. The molecule has 0 radical (unpaired) electrons. The van der Waals surface area contributed by atoms with Crippen LogP contribution >= 0.6 is 11.6 Å². The molecule has 0 bridgehead atoms. The standard InChI is InChI=1S/C17H13ClN2O4/c1-23-16-6-11(9-21)2-5-15(16)24-10-17(22)20-14-7-13(18)4-3-12(14)8-19/h2-7,9H,10H2,1H3,(H,20,22). The molecule has 7 heteroatoms. The lowest BCUT2D eigenvalue weighted by atomic mass is 10.2. The molecule has 122 valence electrons. The van der Waals surface area contributed by atoms with Gasteiger partial charge in [-0.3, -0.25) is 9.59 Å². The minimum atomic E-state index is -0.463. The van der Waals surface area contributed by atoms with Crippen molar-refractivity contribution >= 4 is 29.5 Å². The summed E-state index contributed by atoms with van der Waals surface area (Å²) in [5.74, 6) is 0.202. The monoisotopic (exact) mass is 344 g/mol. The van der Waals surface area contributed by atoms with Gasteiger partial charge in [0.15, 0.2) is 18.1 Å². The first-order valence-corrected chi connectivity index (χ1v) is 7.20. The van der Waals surface area contributed by atoms with E-state index in [1.807, 2.05) is 6.07 Å². The maximum atomic E-state index is 12.0. The minimum Gasteiger partial charge on any atom is -0.493 e. The van der Waals surface area contributed by atoms with Crippen molar-refractivity contribution < 1.29 is 19.1 Å². The van der Waals surface area contributed by atoms with Crippen LogP contribution in [0, 0.1) is 11.3 Å². The second-order valence-corrected chi connectivity index (χ2v) is 5.10. The van der Waals surface area contributed by atoms with E-state index in [0.717, 1.165) is 0 Å². The topological polar surface area (TPSA) is 88.4 Å². The Morgan fingerprint density at radius 2 is 2.08 bits per heavy atom. The Bertz CT molecular complexity index is 815. The highest BCUT2D eigenvalue weighted by Gasteiger charge is 2.11. The summed E-state index contributed by atoms with van der Waals surface area (Å²) in [4.78, 5) is 22.7. The van der Waals surface area contributed by atoms with Crippen LogP contribution in [0.3, 0.4) is 0 Å². The van der Waals surface area contributed by atoms with E-state index >= 15 is 0 Å². The van der Waals surface area contributed by atoms with Gasteiger partial charge >= 0.3 is 0 Å². The number of benzene rings is 2. The molecule has 1 amide bonds. The van der Waals surface area contributed by atoms with Crippen LogP contribution in [0.25, 0.3) is 0 Å². The quantitative estimate of drug-likeness (QED) is 0.813. The van der Waals surface area contributed by atoms with Crippen molar-refractivity contribution in [1.82, 2.24) is 0 Å². The first-order chi connectivity index (χ1) is 11.6. The molecule has 2 aromatic rings. The Balaban J connectivity index is 2.05. The van der Waals surface area contributed by atoms with Crippen molar-refractivity contribution in [2.75, 3.05) is 19.0 Å². The van der Waals surface area contributed by atoms with Gasteiger partial charge in [-0.25, -0.2) is 0 Å². The maximum absolute atomic E-state index is 12.0. The number of nitrogens with one attached hydrogen (secondary N) is 1. The van der Waals surface area contributed by atoms with Crippen molar-refractivity contribution in [3.63, 3.8) is 0 Å². The van der Waals surface area contributed by atoms with E-state index in [4.69, 9.17) is 26.3 Å². The zero-order chi connectivity index (χ0) is 17.5. The van der Waals surface area contributed by atoms with Crippen molar-refractivity contribution in [3.05, 3.63) is 52.5 Å². The van der Waals surface area contributed by atoms with Gasteiger partial charge in [0.2, 0.25) is 0 Å². The Hall–Kier alpha value is -3.04. The van der Waals surface area contributed by atoms with Crippen LogP contribution in [0.15, 0.2) is 36.4 Å². The van der Waals surface area contributed by atoms with Gasteiger partial charge in [-0.15, -0.1) is 0 Å². The molecule has 2 rings (SSSR count). The van der Waals surface area contributed by atoms with Crippen LogP contribution in [-0.4, -0.2) is 25.9 Å². The van der Waals surface area contributed by atoms with E-state index in [1.165, 1.54) is 31.4 Å². The number of anilines is 1. The number of methoxy groups -OCH3 is 1. The number of ether oxygens (including phenoxy) is 2. The van der Waals surface area contributed by atoms with E-state index in [1.54, 1.807) is 12.1 Å². The summed E-state index contributed by atoms with van der Waals surface area (Å²) in [6, 6.07) is 11.1. The minimum absolute atomic E-state index is 0.292. The van der Waals surface area contributed by atoms with Gasteiger partial charge in [0, 0.05) is 10.6 Å². The number of carbonyl (C=O) groups excluding carboxylic acids is 2. The first kappa shape index (κ1) is 17.3. The third kappa shape index (κ3) is 4.24. The summed E-state index contributed by atoms with van der Waals surface area (Å²) in [5.41, 5.74) is 1.03. The fourth-order valence-electron chi connectivity index (χ4n) is 1.92. The lowest BCUT2D eigenvalue weighted by molar-refractivity contribution is -0.118. The molecule has 0 atom stereocenters. The molecule has 0 heterocycles. The highest BCUT2D eigenvalue weighted by Crippen LogP contribution is 2.27. The average molecular weight is 345 g/mol. The number of nitriles is 1. The van der Waals surface area contributed by atoms with Crippen molar-refractivity contribution in [2.45, 2.75) is 0 Å². The molecule has 24 heavy (non-hydrogen) atoms. The number of rotatable bonds is 6. The number of nitrogens with zero attached hydrogens (tertiary/aromatic N) is 1. The number of hydrogen-bond acceptors (Lipinski definition) is 5. The Labute approximate surface area is 143 Å². The molecule has 0 spiro atoms. The number of amides is 1. The molecule has 0 saturated heterocycles. The highest BCUT2D eigenvalue weighted by molar-refractivity contribution is 6.31. The van der Waals surface area contributed by atoms with Crippen LogP contribution in [0.4, 0.5) is 5.69 Å². The van der Waals surface area contributed by atoms with Crippen molar-refractivity contribution in [1.29, 1.82) is 5.26 Å². The molecule has 2 aromatic carbocycles. The fraction of sp³-hybridized carbons (Fsp3) is 0.118. The Morgan fingerprint density at radius 1 is 1.29 bits per heavy atom. The average Bonchev–Trinajstić information content (AvgIpc) is 2.60. The summed E-state index contributed by atoms with van der Waals surface area (Å²) in [6.45, 7) is -0.297. The van der Waals surface area contributed by atoms with Crippen molar-refractivity contribution in [2.24, 2.45) is 0 Å². The van der Waals surface area contributed by atoms with Gasteiger partial charge in [0.25, 0.3) is 5.91 Å². The molecule has 0 aliphatic rings.